The number of allylic oxidation sites excluding steroid dienone is 3. The summed E-state index contributed by atoms with van der Waals surface area (Å²) in [6.45, 7) is 74.0. The highest BCUT2D eigenvalue weighted by Gasteiger charge is 2.56. The van der Waals surface area contributed by atoms with Gasteiger partial charge in [0.15, 0.2) is 0 Å². The van der Waals surface area contributed by atoms with E-state index < -0.39 is 35.0 Å². The Labute approximate surface area is 697 Å². The molecule has 2 heterocycles. The maximum absolute atomic E-state index is 13.2. The fourth-order valence-corrected chi connectivity index (χ4v) is 17.4. The Morgan fingerprint density at radius 2 is 0.875 bits per heavy atom. The summed E-state index contributed by atoms with van der Waals surface area (Å²) in [5.74, 6) is 8.63. The molecule has 0 bridgehead atoms. The van der Waals surface area contributed by atoms with Gasteiger partial charge in [-0.1, -0.05) is 246 Å². The second kappa shape index (κ2) is 47.6. The Morgan fingerprint density at radius 3 is 1.00 bits per heavy atom. The summed E-state index contributed by atoms with van der Waals surface area (Å²) in [6.07, 6.45) is 41.5. The first-order valence-corrected chi connectivity index (χ1v) is 48.3. The zero-order valence-corrected chi connectivity index (χ0v) is 80.6. The van der Waals surface area contributed by atoms with E-state index in [4.69, 9.17) is 4.74 Å². The monoisotopic (exact) mass is 1620 g/mol. The minimum Gasteiger partial charge on any atom is -0.381 e. The van der Waals surface area contributed by atoms with Gasteiger partial charge in [0.1, 0.15) is 11.3 Å². The zero-order valence-electron chi connectivity index (χ0n) is 79.8. The van der Waals surface area contributed by atoms with Crippen molar-refractivity contribution >= 4 is 11.8 Å². The quantitative estimate of drug-likeness (QED) is 0.0837. The molecule has 0 aromatic rings. The van der Waals surface area contributed by atoms with E-state index in [1.165, 1.54) is 121 Å². The van der Waals surface area contributed by atoms with Gasteiger partial charge in [0, 0.05) is 42.9 Å². The molecule has 10 heteroatoms. The van der Waals surface area contributed by atoms with Crippen molar-refractivity contribution < 1.29 is 39.9 Å². The smallest absolute Gasteiger partial charge is 0.253 e. The third-order valence-corrected chi connectivity index (χ3v) is 28.2. The van der Waals surface area contributed by atoms with Crippen molar-refractivity contribution in [1.29, 1.82) is 0 Å². The molecule has 6 unspecified atom stereocenters. The van der Waals surface area contributed by atoms with Crippen molar-refractivity contribution in [2.75, 3.05) is 24.7 Å². The number of ether oxygens (including phenoxy) is 1. The average molecular weight is 1620 g/mol. The van der Waals surface area contributed by atoms with Crippen molar-refractivity contribution in [2.24, 2.45) is 151 Å². The molecule has 666 valence electrons. The van der Waals surface area contributed by atoms with Crippen LogP contribution in [0.25, 0.3) is 0 Å². The summed E-state index contributed by atoms with van der Waals surface area (Å²) in [6, 6.07) is 0. The van der Waals surface area contributed by atoms with Crippen LogP contribution in [0.4, 0.5) is 35.1 Å². The van der Waals surface area contributed by atoms with E-state index in [1.807, 2.05) is 13.8 Å². The summed E-state index contributed by atoms with van der Waals surface area (Å²) in [4.78, 5) is 0. The first-order chi connectivity index (χ1) is 51.2. The minimum absolute atomic E-state index is 0.130. The van der Waals surface area contributed by atoms with Gasteiger partial charge in [0.05, 0.1) is 13.2 Å². The summed E-state index contributed by atoms with van der Waals surface area (Å²) >= 11 is 2.09. The van der Waals surface area contributed by atoms with Crippen LogP contribution in [0.2, 0.25) is 0 Å². The van der Waals surface area contributed by atoms with E-state index in [0.29, 0.717) is 46.8 Å². The Kier molecular flexibility index (Phi) is 45.6. The van der Waals surface area contributed by atoms with E-state index in [9.17, 15) is 35.1 Å². The predicted molar refractivity (Wildman–Crippen MR) is 478 cm³/mol. The van der Waals surface area contributed by atoms with Crippen LogP contribution in [0, 0.1) is 151 Å². The number of hydrogen-bond donors (Lipinski definition) is 0. The maximum atomic E-state index is 13.2. The average Bonchev–Trinajstić information content (AvgIpc) is 1.58. The van der Waals surface area contributed by atoms with Crippen LogP contribution in [-0.2, 0) is 4.74 Å². The topological polar surface area (TPSA) is 9.23 Å². The van der Waals surface area contributed by atoms with Crippen LogP contribution in [0.1, 0.15) is 420 Å². The van der Waals surface area contributed by atoms with Gasteiger partial charge in [-0.05, 0) is 312 Å². The van der Waals surface area contributed by atoms with Gasteiger partial charge >= 0.3 is 0 Å². The lowest BCUT2D eigenvalue weighted by Crippen LogP contribution is -2.37. The molecule has 112 heavy (non-hydrogen) atoms. The standard InChI is InChI=1S/C9H16.2C8H14F2.C8H15F.C8H14.C8H16.C7H12F2.C7H13F.C7H14O.C7H14S.C7H14.C7H12.C6H12.C5H10/c1-8(2)7-9-5-3-4-6-9;1-6(2)3-7-4-8(9,10)5-7;1-6(2)8(9,10)7-4-3-5-7;1-7(2)6-8(9)4-3-5-8;1-8(2)5-7(8)6-3-4-6;1-7(2)6-8(3)4-5-8;1-5(2)3-6-4-7(6,8)9;1-6(2)5-7(8)3-4-7;2*1-6(2)3-7-4-8-5-7;2*1-4-6-5-7(6,2)3;1-5-4-6(5,2)3;1-5(2)3-4-5/h3,5,8-9H,4,6-7H2,1-2H3;2*6-7H,3-5H2,1-2H3;7H,3-6H2,1-2H3;6-7H,3-5H2,1-2H3;7H,4-6H2,1-3H3;5-6H,3-4H2,1-2H3;6H,3-5H2,1-2H3;2*6-7H,3-5H2,1-2H3;6H,4-5H2,1-3H3;4,6H,1,5H2,2-3H3;5H,4H2,1-3H3;3-4H2,1-2H3. The Balaban J connectivity index is 0.000000410. The highest BCUT2D eigenvalue weighted by Crippen LogP contribution is 2.62. The van der Waals surface area contributed by atoms with Crippen LogP contribution < -0.4 is 0 Å². The van der Waals surface area contributed by atoms with Crippen LogP contribution >= 0.6 is 11.8 Å². The van der Waals surface area contributed by atoms with Crippen molar-refractivity contribution in [3.8, 4) is 0 Å². The largest absolute Gasteiger partial charge is 0.381 e. The molecule has 0 aromatic carbocycles. The number of halogens is 8. The second-order valence-corrected chi connectivity index (χ2v) is 48.0. The molecule has 0 N–H and O–H groups in total. The number of alkyl halides is 8. The molecule has 12 saturated carbocycles. The van der Waals surface area contributed by atoms with E-state index in [0.717, 1.165) is 177 Å². The molecule has 2 aliphatic heterocycles. The normalized spacial score (nSPS) is 28.0. The fraction of sp³-hybridized carbons (Fsp3) is 0.961. The van der Waals surface area contributed by atoms with E-state index in [2.05, 4.69) is 224 Å². The molecule has 14 fully saturated rings. The molecule has 15 aliphatic rings. The predicted octanol–water partition coefficient (Wildman–Crippen LogP) is 35.2. The summed E-state index contributed by atoms with van der Waals surface area (Å²) in [5.41, 5.74) is 2.81. The van der Waals surface area contributed by atoms with E-state index in [1.54, 1.807) is 13.8 Å². The minimum atomic E-state index is -2.40. The molecular weight excluding hydrogens is 1430 g/mol. The van der Waals surface area contributed by atoms with Crippen LogP contribution in [0.5, 0.6) is 0 Å². The number of hydrogen-bond acceptors (Lipinski definition) is 2. The summed E-state index contributed by atoms with van der Waals surface area (Å²) in [7, 11) is 0. The Bertz CT molecular complexity index is 2460. The van der Waals surface area contributed by atoms with Crippen molar-refractivity contribution in [2.45, 2.75) is 449 Å². The van der Waals surface area contributed by atoms with Gasteiger partial charge in [0.25, 0.3) is 11.8 Å². The van der Waals surface area contributed by atoms with Gasteiger partial charge in [-0.3, -0.25) is 0 Å². The molecule has 13 aliphatic carbocycles. The molecule has 15 rings (SSSR count). The number of rotatable bonds is 21. The van der Waals surface area contributed by atoms with Gasteiger partial charge in [-0.25, -0.2) is 35.1 Å². The van der Waals surface area contributed by atoms with Gasteiger partial charge in [-0.2, -0.15) is 11.8 Å². The summed E-state index contributed by atoms with van der Waals surface area (Å²) < 4.78 is 106. The van der Waals surface area contributed by atoms with E-state index >= 15 is 0 Å². The SMILES string of the molecule is C=CC1CC1(C)C.CC(C)C(F)(F)C1CCC1.CC(C)CC1(C)CC1.CC(C)CC1(F)CC1.CC(C)CC1(F)CCC1.CC(C)CC1C=CCC1.CC(C)CC1CC(F)(F)C1.CC(C)CC1CC1(F)F.CC(C)CC1COC1.CC(C)CC1CSC1.CC1(C)CC1.CC1(C)CC1C1CC1.CC1CC1(C)C.CCC1CC1(C)C. The van der Waals surface area contributed by atoms with Crippen molar-refractivity contribution in [3.63, 3.8) is 0 Å². The maximum Gasteiger partial charge on any atom is 0.253 e. The molecule has 6 atom stereocenters. The lowest BCUT2D eigenvalue weighted by Gasteiger charge is -2.35. The molecule has 2 saturated heterocycles. The third-order valence-electron chi connectivity index (χ3n) is 26.7. The third kappa shape index (κ3) is 49.8. The van der Waals surface area contributed by atoms with Crippen LogP contribution in [0.15, 0.2) is 24.8 Å². The van der Waals surface area contributed by atoms with Gasteiger partial charge < -0.3 is 4.74 Å². The van der Waals surface area contributed by atoms with Gasteiger partial charge in [0.2, 0.25) is 5.92 Å². The fourth-order valence-electron chi connectivity index (χ4n) is 16.6. The lowest BCUT2D eigenvalue weighted by molar-refractivity contribution is -0.122. The van der Waals surface area contributed by atoms with Crippen LogP contribution in [-0.4, -0.2) is 53.8 Å². The first kappa shape index (κ1) is 107. The zero-order chi connectivity index (χ0) is 86.0. The molecule has 0 radical (unpaired) electrons. The Hall–Kier alpha value is -0.770. The molecule has 1 nitrogen and oxygen atoms in total. The summed E-state index contributed by atoms with van der Waals surface area (Å²) in [5, 5.41) is 0. The molecule has 0 spiro atoms. The van der Waals surface area contributed by atoms with Crippen LogP contribution in [0.3, 0.4) is 0 Å². The first-order valence-electron chi connectivity index (χ1n) is 47.1. The lowest BCUT2D eigenvalue weighted by atomic mass is 9.77. The second-order valence-electron chi connectivity index (χ2n) is 47.0. The molecular formula is C102H190F8OS. The van der Waals surface area contributed by atoms with Gasteiger partial charge in [-0.15, -0.1) is 6.58 Å². The van der Waals surface area contributed by atoms with E-state index in [-0.39, 0.29) is 31.1 Å². The highest BCUT2D eigenvalue weighted by molar-refractivity contribution is 8.00. The molecule has 0 aromatic heterocycles. The molecule has 0 amide bonds. The number of thioether (sulfide) groups is 1. The van der Waals surface area contributed by atoms with Crippen molar-refractivity contribution in [3.05, 3.63) is 24.8 Å². The Morgan fingerprint density at radius 1 is 0.464 bits per heavy atom. The highest BCUT2D eigenvalue weighted by atomic mass is 32.2. The van der Waals surface area contributed by atoms with Crippen molar-refractivity contribution in [1.82, 2.24) is 0 Å².